The highest BCUT2D eigenvalue weighted by atomic mass is 79.9. The Balaban J connectivity index is 0.000000257. The van der Waals surface area contributed by atoms with Crippen molar-refractivity contribution < 1.29 is 26.9 Å². The largest absolute Gasteiger partial charge is 0.496 e. The van der Waals surface area contributed by atoms with Crippen molar-refractivity contribution in [2.45, 2.75) is 0 Å². The molecular weight excluding hydrogens is 417 g/mol. The average molecular weight is 432 g/mol. The molecule has 0 atom stereocenters. The Kier molecular flexibility index (Phi) is 7.75. The minimum atomic E-state index is -4.08. The number of rotatable bonds is 4. The number of para-hydroxylation sites is 1. The average Bonchev–Trinajstić information content (AvgIpc) is 2.52. The van der Waals surface area contributed by atoms with E-state index < -0.39 is 21.8 Å². The predicted octanol–water partition coefficient (Wildman–Crippen LogP) is 3.24. The van der Waals surface area contributed by atoms with Gasteiger partial charge in [-0.1, -0.05) is 18.2 Å². The van der Waals surface area contributed by atoms with Crippen LogP contribution in [-0.4, -0.2) is 26.0 Å². The van der Waals surface area contributed by atoms with Gasteiger partial charge >= 0.3 is 0 Å². The van der Waals surface area contributed by atoms with E-state index in [1.165, 1.54) is 31.4 Å². The van der Waals surface area contributed by atoms with Gasteiger partial charge in [0.1, 0.15) is 11.6 Å². The van der Waals surface area contributed by atoms with Crippen LogP contribution in [0, 0.1) is 5.82 Å². The molecule has 0 aliphatic rings. The summed E-state index contributed by atoms with van der Waals surface area (Å²) in [6, 6.07) is 10.6. The van der Waals surface area contributed by atoms with Gasteiger partial charge in [-0.25, -0.2) is 4.39 Å². The summed E-state index contributed by atoms with van der Waals surface area (Å²) in [6.45, 7) is 0. The first-order valence-electron chi connectivity index (χ1n) is 6.67. The number of hydrogen-bond donors (Lipinski definition) is 2. The molecule has 134 valence electrons. The molecule has 0 aromatic heterocycles. The summed E-state index contributed by atoms with van der Waals surface area (Å²) < 4.78 is 47.1. The van der Waals surface area contributed by atoms with Gasteiger partial charge in [0.05, 0.1) is 18.1 Å². The van der Waals surface area contributed by atoms with Crippen LogP contribution in [0.1, 0.15) is 15.9 Å². The number of carbonyl (C=O) groups is 1. The maximum absolute atomic E-state index is 12.4. The molecule has 2 aromatic rings. The molecule has 0 aliphatic heterocycles. The number of methoxy groups -OCH3 is 1. The minimum absolute atomic E-state index is 0.284. The number of nitrogens with two attached hydrogens (primary N) is 1. The molecule has 0 aliphatic carbocycles. The van der Waals surface area contributed by atoms with Crippen molar-refractivity contribution >= 4 is 38.0 Å². The number of ether oxygens (including phenoxy) is 1. The van der Waals surface area contributed by atoms with Crippen molar-refractivity contribution in [1.29, 1.82) is 0 Å². The van der Waals surface area contributed by atoms with Gasteiger partial charge in [-0.2, -0.15) is 8.42 Å². The third-order valence-corrected chi connectivity index (χ3v) is 3.89. The molecule has 9 heteroatoms. The topological polar surface area (TPSA) is 107 Å². The lowest BCUT2D eigenvalue weighted by molar-refractivity contribution is 0.0999. The van der Waals surface area contributed by atoms with Gasteiger partial charge in [-0.05, 0) is 46.3 Å². The van der Waals surface area contributed by atoms with E-state index in [2.05, 4.69) is 15.9 Å². The lowest BCUT2D eigenvalue weighted by atomic mass is 10.2. The standard InChI is InChI=1S/C9H10O4S.C7H5BrFNO/c1-13-9-5-3-2-4-8(9)6-7-14(10,11)12;8-6-3-4(9)1-2-5(6)7(10)11/h2-7H,1H3,(H,10,11,12);1-3H,(H2,10,11)/b7-6+;. The molecule has 2 rings (SSSR count). The second kappa shape index (κ2) is 9.30. The van der Waals surface area contributed by atoms with E-state index in [-0.39, 0.29) is 5.56 Å². The van der Waals surface area contributed by atoms with Gasteiger partial charge in [-0.15, -0.1) is 0 Å². The van der Waals surface area contributed by atoms with Gasteiger partial charge in [-0.3, -0.25) is 9.35 Å². The van der Waals surface area contributed by atoms with Crippen LogP contribution in [0.4, 0.5) is 4.39 Å². The molecule has 0 saturated carbocycles. The van der Waals surface area contributed by atoms with Crippen LogP contribution >= 0.6 is 15.9 Å². The van der Waals surface area contributed by atoms with Gasteiger partial charge in [0.25, 0.3) is 10.1 Å². The van der Waals surface area contributed by atoms with E-state index in [4.69, 9.17) is 15.0 Å². The summed E-state index contributed by atoms with van der Waals surface area (Å²) in [5.74, 6) is -0.425. The fraction of sp³-hybridized carbons (Fsp3) is 0.0625. The number of halogens is 2. The molecule has 3 N–H and O–H groups in total. The summed E-state index contributed by atoms with van der Waals surface area (Å²) in [4.78, 5) is 10.6. The molecule has 0 heterocycles. The third kappa shape index (κ3) is 7.46. The van der Waals surface area contributed by atoms with Gasteiger partial charge in [0.2, 0.25) is 5.91 Å². The van der Waals surface area contributed by atoms with Crippen molar-refractivity contribution in [2.75, 3.05) is 7.11 Å². The maximum atomic E-state index is 12.4. The first kappa shape index (κ1) is 20.8. The second-order valence-electron chi connectivity index (χ2n) is 4.55. The van der Waals surface area contributed by atoms with Gasteiger partial charge < -0.3 is 10.5 Å². The first-order chi connectivity index (χ1) is 11.6. The molecule has 25 heavy (non-hydrogen) atoms. The van der Waals surface area contributed by atoms with E-state index in [0.29, 0.717) is 21.2 Å². The van der Waals surface area contributed by atoms with E-state index in [1.807, 2.05) is 0 Å². The number of primary amides is 1. The van der Waals surface area contributed by atoms with Crippen molar-refractivity contribution in [3.05, 3.63) is 69.3 Å². The molecule has 0 fully saturated rings. The molecular formula is C16H15BrFNO5S. The van der Waals surface area contributed by atoms with Crippen LogP contribution in [0.3, 0.4) is 0 Å². The van der Waals surface area contributed by atoms with Crippen LogP contribution in [0.15, 0.2) is 52.3 Å². The fourth-order valence-electron chi connectivity index (χ4n) is 1.65. The molecule has 0 saturated heterocycles. The minimum Gasteiger partial charge on any atom is -0.496 e. The zero-order chi connectivity index (χ0) is 19.0. The zero-order valence-corrected chi connectivity index (χ0v) is 15.4. The Morgan fingerprint density at radius 2 is 1.92 bits per heavy atom. The number of amides is 1. The third-order valence-electron chi connectivity index (χ3n) is 2.76. The summed E-state index contributed by atoms with van der Waals surface area (Å²) in [6.07, 6.45) is 1.27. The zero-order valence-electron chi connectivity index (χ0n) is 13.0. The molecule has 0 radical (unpaired) electrons. The predicted molar refractivity (Wildman–Crippen MR) is 96.2 cm³/mol. The summed E-state index contributed by atoms with van der Waals surface area (Å²) in [5, 5.41) is 0.713. The normalized spacial score (nSPS) is 10.9. The summed E-state index contributed by atoms with van der Waals surface area (Å²) in [5.41, 5.74) is 5.85. The Morgan fingerprint density at radius 1 is 1.28 bits per heavy atom. The second-order valence-corrected chi connectivity index (χ2v) is 6.70. The van der Waals surface area contributed by atoms with E-state index >= 15 is 0 Å². The molecule has 0 bridgehead atoms. The Bertz CT molecular complexity index is 884. The molecule has 1 amide bonds. The Labute approximate surface area is 153 Å². The van der Waals surface area contributed by atoms with Crippen LogP contribution in [0.5, 0.6) is 5.75 Å². The highest BCUT2D eigenvalue weighted by Crippen LogP contribution is 2.19. The molecule has 0 spiro atoms. The SMILES string of the molecule is COc1ccccc1/C=C/S(=O)(=O)O.NC(=O)c1ccc(F)cc1Br. The van der Waals surface area contributed by atoms with Gasteiger partial charge in [0.15, 0.2) is 0 Å². The van der Waals surface area contributed by atoms with E-state index in [9.17, 15) is 17.6 Å². The van der Waals surface area contributed by atoms with E-state index in [1.54, 1.807) is 24.3 Å². The number of benzene rings is 2. The molecule has 2 aromatic carbocycles. The molecule has 0 unspecified atom stereocenters. The Morgan fingerprint density at radius 3 is 2.44 bits per heavy atom. The van der Waals surface area contributed by atoms with Crippen molar-refractivity contribution in [3.63, 3.8) is 0 Å². The summed E-state index contributed by atoms with van der Waals surface area (Å²) in [7, 11) is -2.60. The highest BCUT2D eigenvalue weighted by Gasteiger charge is 2.05. The number of carbonyl (C=O) groups excluding carboxylic acids is 1. The monoisotopic (exact) mass is 431 g/mol. The van der Waals surface area contributed by atoms with Crippen LogP contribution in [0.25, 0.3) is 6.08 Å². The Hall–Kier alpha value is -2.23. The van der Waals surface area contributed by atoms with Crippen molar-refractivity contribution in [3.8, 4) is 5.75 Å². The first-order valence-corrected chi connectivity index (χ1v) is 8.97. The van der Waals surface area contributed by atoms with Crippen LogP contribution < -0.4 is 10.5 Å². The van der Waals surface area contributed by atoms with Gasteiger partial charge in [0, 0.05) is 10.0 Å². The lowest BCUT2D eigenvalue weighted by Crippen LogP contribution is -2.11. The van der Waals surface area contributed by atoms with Crippen molar-refractivity contribution in [2.24, 2.45) is 5.73 Å². The highest BCUT2D eigenvalue weighted by molar-refractivity contribution is 9.10. The summed E-state index contributed by atoms with van der Waals surface area (Å²) >= 11 is 3.01. The smallest absolute Gasteiger partial charge is 0.287 e. The number of hydrogen-bond acceptors (Lipinski definition) is 4. The maximum Gasteiger partial charge on any atom is 0.287 e. The van der Waals surface area contributed by atoms with E-state index in [0.717, 1.165) is 0 Å². The molecule has 6 nitrogen and oxygen atoms in total. The fourth-order valence-corrected chi connectivity index (χ4v) is 2.52. The van der Waals surface area contributed by atoms with Crippen molar-refractivity contribution in [1.82, 2.24) is 0 Å². The lowest BCUT2D eigenvalue weighted by Gasteiger charge is -2.02. The van der Waals surface area contributed by atoms with Crippen LogP contribution in [-0.2, 0) is 10.1 Å². The quantitative estimate of drug-likeness (QED) is 0.722. The van der Waals surface area contributed by atoms with Crippen LogP contribution in [0.2, 0.25) is 0 Å².